The molecule has 2 aliphatic rings. The summed E-state index contributed by atoms with van der Waals surface area (Å²) >= 11 is 25.9. The van der Waals surface area contributed by atoms with Crippen LogP contribution in [0.1, 0.15) is 36.1 Å². The van der Waals surface area contributed by atoms with E-state index in [-0.39, 0.29) is 0 Å². The second-order valence-corrected chi connectivity index (χ2v) is 12.7. The Bertz CT molecular complexity index is 1860. The van der Waals surface area contributed by atoms with E-state index in [2.05, 4.69) is 0 Å². The Morgan fingerprint density at radius 2 is 1.00 bits per heavy atom. The first-order chi connectivity index (χ1) is 24.6. The number of allylic oxidation sites excluding steroid dienone is 2. The normalized spacial score (nSPS) is 23.5. The number of halogens is 10. The van der Waals surface area contributed by atoms with Crippen LogP contribution < -0.4 is 0 Å². The smallest absolute Gasteiger partial charge is 0.416 e. The molecule has 0 saturated heterocycles. The molecule has 21 heteroatoms. The first-order valence-electron chi connectivity index (χ1n) is 14.8. The molecule has 0 spiro atoms. The number of esters is 2. The van der Waals surface area contributed by atoms with E-state index in [9.17, 15) is 56.2 Å². The molecular weight excluding hydrogens is 812 g/mol. The third-order valence-corrected chi connectivity index (χ3v) is 9.47. The maximum atomic E-state index is 14.2. The van der Waals surface area contributed by atoms with E-state index in [0.29, 0.717) is 36.4 Å². The van der Waals surface area contributed by atoms with Gasteiger partial charge in [-0.15, -0.1) is 0 Å². The number of carbonyl (C=O) groups excluding carboxylic acids is 2. The minimum absolute atomic E-state index is 0.417. The Morgan fingerprint density at radius 1 is 0.679 bits per heavy atom. The Kier molecular flexibility index (Phi) is 11.9. The summed E-state index contributed by atoms with van der Waals surface area (Å²) in [5.74, 6) is -9.86. The molecule has 2 aromatic rings. The van der Waals surface area contributed by atoms with E-state index in [1.165, 1.54) is 13.8 Å². The summed E-state index contributed by atoms with van der Waals surface area (Å²) in [5, 5.41) is 21.8. The van der Waals surface area contributed by atoms with Crippen molar-refractivity contribution in [3.8, 4) is 0 Å². The fourth-order valence-electron chi connectivity index (χ4n) is 6.01. The molecule has 2 aliphatic carbocycles. The van der Waals surface area contributed by atoms with E-state index >= 15 is 0 Å². The van der Waals surface area contributed by atoms with Gasteiger partial charge in [-0.05, 0) is 26.0 Å². The van der Waals surface area contributed by atoms with Crippen molar-refractivity contribution in [2.24, 2.45) is 11.8 Å². The van der Waals surface area contributed by atoms with Crippen LogP contribution in [0.5, 0.6) is 0 Å². The summed E-state index contributed by atoms with van der Waals surface area (Å²) in [6.07, 6.45) is -9.58. The minimum Gasteiger partial charge on any atom is -0.465 e. The van der Waals surface area contributed by atoms with Crippen molar-refractivity contribution >= 4 is 58.3 Å². The van der Waals surface area contributed by atoms with Gasteiger partial charge in [0, 0.05) is 33.1 Å². The van der Waals surface area contributed by atoms with Gasteiger partial charge < -0.3 is 14.2 Å². The van der Waals surface area contributed by atoms with Crippen LogP contribution in [0.25, 0.3) is 0 Å². The van der Waals surface area contributed by atoms with Gasteiger partial charge in [0.25, 0.3) is 11.1 Å². The molecule has 284 valence electrons. The summed E-state index contributed by atoms with van der Waals surface area (Å²) in [7, 11) is 0. The summed E-state index contributed by atoms with van der Waals surface area (Å²) in [6.45, 7) is 1.66. The number of hydrogen-bond acceptors (Lipinski definition) is 9. The van der Waals surface area contributed by atoms with Gasteiger partial charge >= 0.3 is 24.3 Å². The highest BCUT2D eigenvalue weighted by molar-refractivity contribution is 6.38. The Hall–Kier alpha value is -4.32. The average Bonchev–Trinajstić information content (AvgIpc) is 3.06. The predicted octanol–water partition coefficient (Wildman–Crippen LogP) is 8.92. The van der Waals surface area contributed by atoms with Crippen LogP contribution in [0.15, 0.2) is 92.3 Å². The van der Waals surface area contributed by atoms with Gasteiger partial charge in [0.2, 0.25) is 0 Å². The zero-order valence-corrected chi connectivity index (χ0v) is 29.7. The molecule has 4 unspecified atom stereocenters. The number of ether oxygens (including phenoxy) is 3. The molecule has 11 nitrogen and oxygen atoms in total. The Balaban J connectivity index is 2.03. The lowest BCUT2D eigenvalue weighted by Crippen LogP contribution is -2.49. The molecule has 0 radical (unpaired) electrons. The lowest BCUT2D eigenvalue weighted by Gasteiger charge is -2.36. The fraction of sp³-hybridized carbons (Fsp3) is 0.312. The Labute approximate surface area is 314 Å². The molecule has 0 N–H and O–H groups in total. The molecule has 0 aromatic heterocycles. The second-order valence-electron chi connectivity index (χ2n) is 11.1. The maximum Gasteiger partial charge on any atom is 0.416 e. The molecule has 0 fully saturated rings. The standard InChI is InChI=1S/C32H22Cl4F6N2O9/c1-3-51-27(45)21-23(35)25(19(33)13-29(21,43(47)48)15-9-5-7-11-17(15)31(37,38)39)53-26-20(34)14-30(44(49)50,22(24(26)36)28(46)52-4-2)16-10-6-8-12-18(16)32(40,41)42/h5-14,21-22H,3-4H2,1-2H3. The van der Waals surface area contributed by atoms with Gasteiger partial charge in [0.05, 0.1) is 44.5 Å². The van der Waals surface area contributed by atoms with Crippen molar-refractivity contribution in [2.45, 2.75) is 37.3 Å². The van der Waals surface area contributed by atoms with Crippen LogP contribution in [0, 0.1) is 32.1 Å². The van der Waals surface area contributed by atoms with Crippen molar-refractivity contribution in [1.29, 1.82) is 0 Å². The molecule has 0 aliphatic heterocycles. The number of nitro groups is 2. The van der Waals surface area contributed by atoms with Crippen LogP contribution >= 0.6 is 46.4 Å². The van der Waals surface area contributed by atoms with E-state index in [1.807, 2.05) is 0 Å². The largest absolute Gasteiger partial charge is 0.465 e. The summed E-state index contributed by atoms with van der Waals surface area (Å²) in [5.41, 5.74) is -11.7. The number of carbonyl (C=O) groups is 2. The molecule has 4 atom stereocenters. The van der Waals surface area contributed by atoms with E-state index in [1.54, 1.807) is 0 Å². The van der Waals surface area contributed by atoms with Crippen molar-refractivity contribution < 1.29 is 60.0 Å². The topological polar surface area (TPSA) is 148 Å². The molecule has 0 heterocycles. The summed E-state index contributed by atoms with van der Waals surface area (Å²) < 4.78 is 101. The minimum atomic E-state index is -5.21. The highest BCUT2D eigenvalue weighted by atomic mass is 35.5. The highest BCUT2D eigenvalue weighted by Crippen LogP contribution is 2.55. The van der Waals surface area contributed by atoms with Crippen LogP contribution in [0.4, 0.5) is 26.3 Å². The van der Waals surface area contributed by atoms with E-state index in [0.717, 1.165) is 24.3 Å². The van der Waals surface area contributed by atoms with Crippen molar-refractivity contribution in [3.63, 3.8) is 0 Å². The lowest BCUT2D eigenvalue weighted by molar-refractivity contribution is -0.571. The summed E-state index contributed by atoms with van der Waals surface area (Å²) in [6, 6.07) is 6.37. The fourth-order valence-corrected chi connectivity index (χ4v) is 7.52. The quantitative estimate of drug-likeness (QED) is 0.0991. The van der Waals surface area contributed by atoms with Crippen molar-refractivity contribution in [3.05, 3.63) is 135 Å². The van der Waals surface area contributed by atoms with Gasteiger partial charge in [0.15, 0.2) is 23.4 Å². The van der Waals surface area contributed by atoms with Crippen molar-refractivity contribution in [2.75, 3.05) is 13.2 Å². The van der Waals surface area contributed by atoms with Gasteiger partial charge in [-0.1, -0.05) is 82.8 Å². The van der Waals surface area contributed by atoms with E-state index < -0.39 is 124 Å². The average molecular weight is 834 g/mol. The lowest BCUT2D eigenvalue weighted by atomic mass is 9.73. The van der Waals surface area contributed by atoms with Gasteiger partial charge in [0.1, 0.15) is 0 Å². The molecule has 0 bridgehead atoms. The number of hydrogen-bond donors (Lipinski definition) is 0. The molecule has 0 amide bonds. The zero-order chi connectivity index (χ0) is 39.8. The van der Waals surface area contributed by atoms with Crippen LogP contribution in [-0.4, -0.2) is 35.0 Å². The molecule has 53 heavy (non-hydrogen) atoms. The number of benzene rings is 2. The monoisotopic (exact) mass is 832 g/mol. The first-order valence-corrected chi connectivity index (χ1v) is 16.3. The SMILES string of the molecule is CCOC(=O)C1C(Cl)=C(OC2=C(Cl)C(C(=O)OCC)C(c3ccccc3C(F)(F)F)([N+](=O)[O-])C=C2Cl)C(Cl)=CC1(c1ccccc1C(F)(F)F)[N+](=O)[O-]. The van der Waals surface area contributed by atoms with Crippen molar-refractivity contribution in [1.82, 2.24) is 0 Å². The maximum absolute atomic E-state index is 14.2. The number of nitrogens with zero attached hydrogens (tertiary/aromatic N) is 2. The van der Waals surface area contributed by atoms with Crippen LogP contribution in [0.2, 0.25) is 0 Å². The number of rotatable bonds is 10. The van der Waals surface area contributed by atoms with Gasteiger partial charge in [-0.25, -0.2) is 0 Å². The second kappa shape index (κ2) is 15.2. The van der Waals surface area contributed by atoms with Crippen LogP contribution in [-0.2, 0) is 47.2 Å². The molecule has 0 saturated carbocycles. The third kappa shape index (κ3) is 7.18. The highest BCUT2D eigenvalue weighted by Gasteiger charge is 2.64. The molecule has 2 aromatic carbocycles. The predicted molar refractivity (Wildman–Crippen MR) is 175 cm³/mol. The Morgan fingerprint density at radius 3 is 1.28 bits per heavy atom. The van der Waals surface area contributed by atoms with Crippen LogP contribution in [0.3, 0.4) is 0 Å². The third-order valence-electron chi connectivity index (χ3n) is 8.13. The summed E-state index contributed by atoms with van der Waals surface area (Å²) in [4.78, 5) is 50.1. The van der Waals surface area contributed by atoms with E-state index in [4.69, 9.17) is 60.6 Å². The molecule has 4 rings (SSSR count). The molecular formula is C32H22Cl4F6N2O9. The number of alkyl halides is 6. The van der Waals surface area contributed by atoms with Gasteiger partial charge in [-0.3, -0.25) is 29.8 Å². The van der Waals surface area contributed by atoms with Gasteiger partial charge in [-0.2, -0.15) is 26.3 Å². The first kappa shape index (κ1) is 41.4. The zero-order valence-electron chi connectivity index (χ0n) is 26.7.